The summed E-state index contributed by atoms with van der Waals surface area (Å²) in [4.78, 5) is 14.6. The summed E-state index contributed by atoms with van der Waals surface area (Å²) >= 11 is 0. The molecule has 3 aliphatic heterocycles. The molecule has 1 fully saturated rings. The lowest BCUT2D eigenvalue weighted by atomic mass is 9.81. The number of rotatable bonds is 1. The number of fused-ring (bicyclic) bond motifs is 3. The average Bonchev–Trinajstić information content (AvgIpc) is 2.96. The summed E-state index contributed by atoms with van der Waals surface area (Å²) in [5, 5.41) is 0. The molecule has 0 radical (unpaired) electrons. The predicted octanol–water partition coefficient (Wildman–Crippen LogP) is 3.47. The molecule has 1 aromatic carbocycles. The molecule has 0 bridgehead atoms. The molecule has 0 aromatic heterocycles. The molecule has 4 nitrogen and oxygen atoms in total. The Morgan fingerprint density at radius 2 is 2.00 bits per heavy atom. The van der Waals surface area contributed by atoms with Gasteiger partial charge in [0.25, 0.3) is 0 Å². The molecule has 4 rings (SSSR count). The first-order chi connectivity index (χ1) is 13.0. The van der Waals surface area contributed by atoms with E-state index < -0.39 is 5.60 Å². The Kier molecular flexibility index (Phi) is 4.57. The highest BCUT2D eigenvalue weighted by Gasteiger charge is 2.51. The number of benzene rings is 1. The van der Waals surface area contributed by atoms with Crippen molar-refractivity contribution in [2.45, 2.75) is 50.8 Å². The zero-order valence-corrected chi connectivity index (χ0v) is 16.1. The van der Waals surface area contributed by atoms with Crippen LogP contribution in [0.15, 0.2) is 47.6 Å². The van der Waals surface area contributed by atoms with Crippen molar-refractivity contribution in [3.63, 3.8) is 0 Å². The fourth-order valence-corrected chi connectivity index (χ4v) is 4.53. The Bertz CT molecular complexity index is 871. The normalized spacial score (nSPS) is 30.0. The van der Waals surface area contributed by atoms with Gasteiger partial charge in [-0.3, -0.25) is 4.90 Å². The molecule has 0 saturated carbocycles. The lowest BCUT2D eigenvalue weighted by Crippen LogP contribution is -2.55. The maximum absolute atomic E-state index is 12.2. The first kappa shape index (κ1) is 17.9. The van der Waals surface area contributed by atoms with Gasteiger partial charge in [-0.2, -0.15) is 0 Å². The molecule has 1 aromatic rings. The molecule has 0 unspecified atom stereocenters. The zero-order chi connectivity index (χ0) is 19.0. The smallest absolute Gasteiger partial charge is 0.332 e. The van der Waals surface area contributed by atoms with Crippen LogP contribution in [0, 0.1) is 11.8 Å². The van der Waals surface area contributed by atoms with Crippen LogP contribution in [0.25, 0.3) is 0 Å². The minimum absolute atomic E-state index is 0.204. The summed E-state index contributed by atoms with van der Waals surface area (Å²) in [7, 11) is 1.65. The maximum atomic E-state index is 12.2. The third-order valence-electron chi connectivity index (χ3n) is 5.94. The van der Waals surface area contributed by atoms with E-state index in [0.717, 1.165) is 35.4 Å². The molecule has 0 spiro atoms. The summed E-state index contributed by atoms with van der Waals surface area (Å²) in [6.07, 6.45) is 7.22. The number of nitrogens with zero attached hydrogens (tertiary/aromatic N) is 1. The van der Waals surface area contributed by atoms with Gasteiger partial charge in [0.15, 0.2) is 5.60 Å². The van der Waals surface area contributed by atoms with E-state index in [0.29, 0.717) is 0 Å². The number of esters is 1. The predicted molar refractivity (Wildman–Crippen MR) is 104 cm³/mol. The highest BCUT2D eigenvalue weighted by Crippen LogP contribution is 2.44. The molecule has 140 valence electrons. The van der Waals surface area contributed by atoms with Gasteiger partial charge in [0.2, 0.25) is 0 Å². The molecule has 27 heavy (non-hydrogen) atoms. The van der Waals surface area contributed by atoms with Gasteiger partial charge >= 0.3 is 5.97 Å². The second-order valence-corrected chi connectivity index (χ2v) is 7.64. The fraction of sp³-hybridized carbons (Fsp3) is 0.435. The first-order valence-corrected chi connectivity index (χ1v) is 9.60. The Morgan fingerprint density at radius 3 is 2.74 bits per heavy atom. The van der Waals surface area contributed by atoms with E-state index >= 15 is 0 Å². The van der Waals surface area contributed by atoms with Crippen molar-refractivity contribution in [1.29, 1.82) is 0 Å². The molecule has 0 amide bonds. The van der Waals surface area contributed by atoms with Crippen LogP contribution in [-0.4, -0.2) is 42.2 Å². The van der Waals surface area contributed by atoms with Crippen molar-refractivity contribution in [3.05, 3.63) is 53.1 Å². The van der Waals surface area contributed by atoms with E-state index in [1.807, 2.05) is 31.2 Å². The van der Waals surface area contributed by atoms with Gasteiger partial charge in [-0.05, 0) is 57.5 Å². The van der Waals surface area contributed by atoms with Crippen LogP contribution in [0.3, 0.4) is 0 Å². The Hall–Kier alpha value is -2.51. The summed E-state index contributed by atoms with van der Waals surface area (Å²) in [6.45, 7) is 5.29. The van der Waals surface area contributed by atoms with Gasteiger partial charge in [-0.25, -0.2) is 4.79 Å². The monoisotopic (exact) mass is 363 g/mol. The van der Waals surface area contributed by atoms with Crippen molar-refractivity contribution in [1.82, 2.24) is 4.90 Å². The fourth-order valence-electron chi connectivity index (χ4n) is 4.53. The van der Waals surface area contributed by atoms with Crippen LogP contribution in [0.4, 0.5) is 0 Å². The third kappa shape index (κ3) is 3.17. The molecular formula is C23H25NO3. The summed E-state index contributed by atoms with van der Waals surface area (Å²) in [5.41, 5.74) is 2.12. The summed E-state index contributed by atoms with van der Waals surface area (Å²) < 4.78 is 11.1. The van der Waals surface area contributed by atoms with Gasteiger partial charge in [-0.15, -0.1) is 0 Å². The third-order valence-corrected chi connectivity index (χ3v) is 5.94. The number of carbonyl (C=O) groups is 1. The molecule has 3 aliphatic rings. The average molecular weight is 363 g/mol. The van der Waals surface area contributed by atoms with Crippen LogP contribution in [0.5, 0.6) is 5.75 Å². The molecule has 1 saturated heterocycles. The van der Waals surface area contributed by atoms with Crippen molar-refractivity contribution >= 4 is 5.97 Å². The van der Waals surface area contributed by atoms with E-state index in [9.17, 15) is 4.79 Å². The number of piperidine rings is 1. The highest BCUT2D eigenvalue weighted by molar-refractivity contribution is 5.89. The van der Waals surface area contributed by atoms with Crippen molar-refractivity contribution in [3.8, 4) is 17.6 Å². The van der Waals surface area contributed by atoms with Crippen molar-refractivity contribution < 1.29 is 14.3 Å². The van der Waals surface area contributed by atoms with Gasteiger partial charge in [0.05, 0.1) is 13.2 Å². The lowest BCUT2D eigenvalue weighted by Gasteiger charge is -2.45. The topological polar surface area (TPSA) is 38.8 Å². The van der Waals surface area contributed by atoms with Gasteiger partial charge < -0.3 is 9.47 Å². The second kappa shape index (κ2) is 6.90. The molecule has 3 heterocycles. The van der Waals surface area contributed by atoms with Crippen LogP contribution in [0.1, 0.15) is 38.7 Å². The van der Waals surface area contributed by atoms with E-state index in [1.165, 1.54) is 12.8 Å². The highest BCUT2D eigenvalue weighted by atomic mass is 16.6. The number of hydrogen-bond acceptors (Lipinski definition) is 4. The van der Waals surface area contributed by atoms with E-state index in [1.54, 1.807) is 13.2 Å². The number of ether oxygens (including phenoxy) is 2. The zero-order valence-electron chi connectivity index (χ0n) is 16.1. The Balaban J connectivity index is 1.74. The van der Waals surface area contributed by atoms with Gasteiger partial charge in [-0.1, -0.05) is 24.3 Å². The number of methoxy groups -OCH3 is 1. The van der Waals surface area contributed by atoms with Crippen LogP contribution >= 0.6 is 0 Å². The van der Waals surface area contributed by atoms with Crippen molar-refractivity contribution in [2.75, 3.05) is 13.7 Å². The van der Waals surface area contributed by atoms with E-state index in [-0.39, 0.29) is 18.1 Å². The van der Waals surface area contributed by atoms with Gasteiger partial charge in [0, 0.05) is 28.8 Å². The molecule has 0 aliphatic carbocycles. The SMILES string of the molecule is COc1ccc(C#CC2=C[C@H](C)N3CCCC[C@@H]3[C@@]3(C)OC(=O)C=C23)cc1. The summed E-state index contributed by atoms with van der Waals surface area (Å²) in [5.74, 6) is 7.11. The van der Waals surface area contributed by atoms with Crippen LogP contribution in [0.2, 0.25) is 0 Å². The van der Waals surface area contributed by atoms with Crippen LogP contribution < -0.4 is 4.74 Å². The second-order valence-electron chi connectivity index (χ2n) is 7.64. The minimum atomic E-state index is -0.622. The lowest BCUT2D eigenvalue weighted by molar-refractivity contribution is -0.151. The van der Waals surface area contributed by atoms with Crippen LogP contribution in [-0.2, 0) is 9.53 Å². The van der Waals surface area contributed by atoms with E-state index in [4.69, 9.17) is 9.47 Å². The molecule has 3 atom stereocenters. The standard InChI is InChI=1S/C23H25NO3/c1-16-14-18(10-7-17-8-11-19(26-3)12-9-17)20-15-22(25)27-23(20,2)21-6-4-5-13-24(16)21/h8-9,11-12,14-16,21H,4-6,13H2,1-3H3/t16-,21+,23-/m0/s1. The van der Waals surface area contributed by atoms with Gasteiger partial charge in [0.1, 0.15) is 5.75 Å². The largest absolute Gasteiger partial charge is 0.497 e. The quantitative estimate of drug-likeness (QED) is 0.566. The Labute approximate surface area is 160 Å². The van der Waals surface area contributed by atoms with Crippen molar-refractivity contribution in [2.24, 2.45) is 0 Å². The Morgan fingerprint density at radius 1 is 1.22 bits per heavy atom. The minimum Gasteiger partial charge on any atom is -0.497 e. The molecule has 0 N–H and O–H groups in total. The first-order valence-electron chi connectivity index (χ1n) is 9.60. The maximum Gasteiger partial charge on any atom is 0.332 e. The molecular weight excluding hydrogens is 338 g/mol. The number of carbonyl (C=O) groups excluding carboxylic acids is 1. The summed E-state index contributed by atoms with van der Waals surface area (Å²) in [6, 6.07) is 8.16. The van der Waals surface area contributed by atoms with E-state index in [2.05, 4.69) is 29.7 Å². The molecule has 4 heteroatoms. The number of hydrogen-bond donors (Lipinski definition) is 0.